The summed E-state index contributed by atoms with van der Waals surface area (Å²) in [5, 5.41) is 3.84. The summed E-state index contributed by atoms with van der Waals surface area (Å²) in [6.45, 7) is 1.89. The minimum atomic E-state index is -1.29. The Hall–Kier alpha value is -1.95. The SMILES string of the molecule is Cc1cc(N)ccc1CC(=O)c1cc(NC(=O)C2C(c3ccc(Cl)c(Cl)c3)C2(Cl)Cl)ccc1Cl. The van der Waals surface area contributed by atoms with E-state index in [1.807, 2.05) is 19.1 Å². The third kappa shape index (κ3) is 5.02. The first-order valence-electron chi connectivity index (χ1n) is 10.3. The van der Waals surface area contributed by atoms with Gasteiger partial charge in [-0.15, -0.1) is 23.2 Å². The van der Waals surface area contributed by atoms with Gasteiger partial charge in [0.25, 0.3) is 0 Å². The summed E-state index contributed by atoms with van der Waals surface area (Å²) in [6.07, 6.45) is 0.151. The zero-order chi connectivity index (χ0) is 24.8. The first-order valence-corrected chi connectivity index (χ1v) is 12.2. The number of anilines is 2. The quantitative estimate of drug-likeness (QED) is 0.188. The van der Waals surface area contributed by atoms with E-state index in [0.29, 0.717) is 37.6 Å². The molecule has 9 heteroatoms. The highest BCUT2D eigenvalue weighted by Gasteiger charge is 2.67. The maximum atomic E-state index is 13.0. The van der Waals surface area contributed by atoms with Crippen LogP contribution in [0.4, 0.5) is 11.4 Å². The van der Waals surface area contributed by atoms with Crippen molar-refractivity contribution in [3.05, 3.63) is 91.9 Å². The zero-order valence-corrected chi connectivity index (χ0v) is 21.6. The molecule has 34 heavy (non-hydrogen) atoms. The zero-order valence-electron chi connectivity index (χ0n) is 17.8. The van der Waals surface area contributed by atoms with Crippen molar-refractivity contribution in [2.75, 3.05) is 11.1 Å². The van der Waals surface area contributed by atoms with Gasteiger partial charge in [0.2, 0.25) is 5.91 Å². The largest absolute Gasteiger partial charge is 0.399 e. The summed E-state index contributed by atoms with van der Waals surface area (Å²) >= 11 is 31.2. The molecule has 0 heterocycles. The number of amides is 1. The lowest BCUT2D eigenvalue weighted by Gasteiger charge is -2.10. The lowest BCUT2D eigenvalue weighted by Crippen LogP contribution is -2.17. The molecule has 0 spiro atoms. The number of hydrogen-bond donors (Lipinski definition) is 2. The van der Waals surface area contributed by atoms with Gasteiger partial charge < -0.3 is 11.1 Å². The van der Waals surface area contributed by atoms with Crippen LogP contribution < -0.4 is 11.1 Å². The van der Waals surface area contributed by atoms with Crippen molar-refractivity contribution in [2.24, 2.45) is 5.92 Å². The van der Waals surface area contributed by atoms with Crippen molar-refractivity contribution in [2.45, 2.75) is 23.6 Å². The standard InChI is InChI=1S/C25H19Cl5N2O2/c1-12-8-15(31)4-2-13(12)10-21(33)17-11-16(5-7-18(17)26)32-24(34)23-22(25(23,29)30)14-3-6-19(27)20(28)9-14/h2-9,11,22-23H,10,31H2,1H3,(H,32,34). The summed E-state index contributed by atoms with van der Waals surface area (Å²) in [7, 11) is 0. The van der Waals surface area contributed by atoms with Crippen LogP contribution in [0.15, 0.2) is 54.6 Å². The lowest BCUT2D eigenvalue weighted by molar-refractivity contribution is -0.117. The minimum Gasteiger partial charge on any atom is -0.399 e. The Balaban J connectivity index is 1.51. The molecular formula is C25H19Cl5N2O2. The van der Waals surface area contributed by atoms with Gasteiger partial charge in [-0.2, -0.15) is 0 Å². The normalized spacial score (nSPS) is 18.4. The molecular weight excluding hydrogens is 538 g/mol. The predicted molar refractivity (Wildman–Crippen MR) is 141 cm³/mol. The highest BCUT2D eigenvalue weighted by Crippen LogP contribution is 2.65. The van der Waals surface area contributed by atoms with E-state index in [-0.39, 0.29) is 18.1 Å². The summed E-state index contributed by atoms with van der Waals surface area (Å²) in [4.78, 5) is 26.0. The van der Waals surface area contributed by atoms with Gasteiger partial charge in [-0.3, -0.25) is 9.59 Å². The number of nitrogens with two attached hydrogens (primary N) is 1. The second-order valence-electron chi connectivity index (χ2n) is 8.27. The molecule has 1 fully saturated rings. The van der Waals surface area contributed by atoms with Crippen LogP contribution in [0.2, 0.25) is 15.1 Å². The average molecular weight is 557 g/mol. The fourth-order valence-electron chi connectivity index (χ4n) is 4.00. The van der Waals surface area contributed by atoms with Crippen molar-refractivity contribution in [1.29, 1.82) is 0 Å². The molecule has 1 aliphatic rings. The van der Waals surface area contributed by atoms with Crippen LogP contribution in [-0.4, -0.2) is 16.0 Å². The van der Waals surface area contributed by atoms with Crippen molar-refractivity contribution in [3.8, 4) is 0 Å². The number of carbonyl (C=O) groups is 2. The smallest absolute Gasteiger partial charge is 0.231 e. The fourth-order valence-corrected chi connectivity index (χ4v) is 5.35. The number of aryl methyl sites for hydroxylation is 1. The van der Waals surface area contributed by atoms with Crippen molar-refractivity contribution in [3.63, 3.8) is 0 Å². The topological polar surface area (TPSA) is 72.2 Å². The number of halogens is 5. The number of benzene rings is 3. The Bertz CT molecular complexity index is 1310. The molecule has 0 radical (unpaired) electrons. The molecule has 0 aliphatic heterocycles. The molecule has 3 aromatic carbocycles. The molecule has 1 amide bonds. The second-order valence-corrected chi connectivity index (χ2v) is 10.9. The van der Waals surface area contributed by atoms with E-state index in [0.717, 1.165) is 11.1 Å². The van der Waals surface area contributed by atoms with Gasteiger partial charge in [0.15, 0.2) is 5.78 Å². The molecule has 1 aliphatic carbocycles. The van der Waals surface area contributed by atoms with E-state index in [2.05, 4.69) is 5.32 Å². The molecule has 3 N–H and O–H groups in total. The van der Waals surface area contributed by atoms with E-state index in [1.54, 1.807) is 42.5 Å². The fraction of sp³-hybridized carbons (Fsp3) is 0.200. The van der Waals surface area contributed by atoms with Crippen LogP contribution in [-0.2, 0) is 11.2 Å². The Morgan fingerprint density at radius 1 is 0.941 bits per heavy atom. The number of nitrogen functional groups attached to an aromatic ring is 1. The highest BCUT2D eigenvalue weighted by atomic mass is 35.5. The molecule has 0 saturated heterocycles. The summed E-state index contributed by atoms with van der Waals surface area (Å²) in [6, 6.07) is 15.1. The molecule has 1 saturated carbocycles. The van der Waals surface area contributed by atoms with Crippen molar-refractivity contribution in [1.82, 2.24) is 0 Å². The molecule has 4 rings (SSSR count). The average Bonchev–Trinajstić information content (AvgIpc) is 3.35. The third-order valence-corrected chi connectivity index (χ3v) is 7.90. The molecule has 3 aromatic rings. The third-order valence-electron chi connectivity index (χ3n) is 5.89. The highest BCUT2D eigenvalue weighted by molar-refractivity contribution is 6.53. The van der Waals surface area contributed by atoms with Gasteiger partial charge in [0, 0.05) is 29.3 Å². The van der Waals surface area contributed by atoms with E-state index in [4.69, 9.17) is 63.7 Å². The Morgan fingerprint density at radius 3 is 2.32 bits per heavy atom. The predicted octanol–water partition coefficient (Wildman–Crippen LogP) is 7.49. The van der Waals surface area contributed by atoms with Crippen LogP contribution in [0.25, 0.3) is 0 Å². The minimum absolute atomic E-state index is 0.151. The number of carbonyl (C=O) groups excluding carboxylic acids is 2. The number of alkyl halides is 2. The van der Waals surface area contributed by atoms with Crippen LogP contribution in [0.1, 0.15) is 33.0 Å². The van der Waals surface area contributed by atoms with E-state index >= 15 is 0 Å². The summed E-state index contributed by atoms with van der Waals surface area (Å²) < 4.78 is -1.29. The summed E-state index contributed by atoms with van der Waals surface area (Å²) in [5.74, 6) is -1.72. The summed E-state index contributed by atoms with van der Waals surface area (Å²) in [5.41, 5.74) is 9.61. The Morgan fingerprint density at radius 2 is 1.65 bits per heavy atom. The molecule has 0 bridgehead atoms. The van der Waals surface area contributed by atoms with Crippen LogP contribution in [0.5, 0.6) is 0 Å². The van der Waals surface area contributed by atoms with Crippen molar-refractivity contribution >= 4 is 81.1 Å². The number of nitrogens with one attached hydrogen (secondary N) is 1. The molecule has 176 valence electrons. The van der Waals surface area contributed by atoms with Gasteiger partial charge in [0.05, 0.1) is 21.0 Å². The first-order chi connectivity index (χ1) is 16.0. The van der Waals surface area contributed by atoms with Gasteiger partial charge in [-0.25, -0.2) is 0 Å². The Labute approximate surface area is 222 Å². The van der Waals surface area contributed by atoms with E-state index < -0.39 is 16.2 Å². The monoisotopic (exact) mass is 554 g/mol. The van der Waals surface area contributed by atoms with E-state index in [1.165, 1.54) is 0 Å². The van der Waals surface area contributed by atoms with E-state index in [9.17, 15) is 9.59 Å². The van der Waals surface area contributed by atoms with Gasteiger partial charge >= 0.3 is 0 Å². The van der Waals surface area contributed by atoms with Gasteiger partial charge in [0.1, 0.15) is 4.33 Å². The van der Waals surface area contributed by atoms with Crippen LogP contribution in [0, 0.1) is 12.8 Å². The number of ketones is 1. The van der Waals surface area contributed by atoms with Crippen LogP contribution in [0.3, 0.4) is 0 Å². The maximum Gasteiger partial charge on any atom is 0.231 e. The number of rotatable bonds is 6. The lowest BCUT2D eigenvalue weighted by atomic mass is 9.98. The van der Waals surface area contributed by atoms with Crippen molar-refractivity contribution < 1.29 is 9.59 Å². The molecule has 2 atom stereocenters. The van der Waals surface area contributed by atoms with Crippen LogP contribution >= 0.6 is 58.0 Å². The number of hydrogen-bond acceptors (Lipinski definition) is 3. The molecule has 4 nitrogen and oxygen atoms in total. The first kappa shape index (κ1) is 25.2. The Kier molecular flexibility index (Phi) is 7.10. The van der Waals surface area contributed by atoms with Gasteiger partial charge in [-0.1, -0.05) is 46.9 Å². The maximum absolute atomic E-state index is 13.0. The number of Topliss-reactive ketones (excluding diaryl/α,β-unsaturated/α-hetero) is 1. The molecule has 0 aromatic heterocycles. The second kappa shape index (κ2) is 9.60. The molecule has 2 unspecified atom stereocenters. The van der Waals surface area contributed by atoms with Gasteiger partial charge in [-0.05, 0) is 66.1 Å².